The monoisotopic (exact) mass is 471 g/mol. The number of ether oxygens (including phenoxy) is 2. The molecule has 3 aromatic carbocycles. The molecule has 1 aliphatic rings. The van der Waals surface area contributed by atoms with E-state index >= 15 is 0 Å². The fraction of sp³-hybridized carbons (Fsp3) is 0.0741. The molecule has 170 valence electrons. The van der Waals surface area contributed by atoms with Gasteiger partial charge in [-0.25, -0.2) is 0 Å². The van der Waals surface area contributed by atoms with Gasteiger partial charge in [0, 0.05) is 17.0 Å². The largest absolute Gasteiger partial charge is 0.489 e. The summed E-state index contributed by atoms with van der Waals surface area (Å²) in [6.07, 6.45) is 2.38. The number of hydrogen-bond donors (Lipinski definition) is 1. The summed E-state index contributed by atoms with van der Waals surface area (Å²) in [6.45, 7) is 0.143. The highest BCUT2D eigenvalue weighted by Crippen LogP contribution is 2.29. The minimum Gasteiger partial charge on any atom is -0.489 e. The second-order valence-electron chi connectivity index (χ2n) is 7.29. The zero-order chi connectivity index (χ0) is 23.8. The van der Waals surface area contributed by atoms with Crippen molar-refractivity contribution in [3.8, 4) is 11.5 Å². The molecule has 0 spiro atoms. The molecule has 7 heteroatoms. The van der Waals surface area contributed by atoms with E-state index in [2.05, 4.69) is 5.32 Å². The van der Waals surface area contributed by atoms with Gasteiger partial charge in [0.1, 0.15) is 18.1 Å². The number of carbonyl (C=O) groups is 3. The molecule has 0 saturated heterocycles. The van der Waals surface area contributed by atoms with Gasteiger partial charge in [-0.15, -0.1) is 0 Å². The van der Waals surface area contributed by atoms with Crippen LogP contribution in [0.1, 0.15) is 5.56 Å². The molecule has 1 aliphatic carbocycles. The van der Waals surface area contributed by atoms with Crippen LogP contribution in [0.3, 0.4) is 0 Å². The molecule has 1 N–H and O–H groups in total. The van der Waals surface area contributed by atoms with Crippen LogP contribution in [0, 0.1) is 0 Å². The zero-order valence-electron chi connectivity index (χ0n) is 18.1. The summed E-state index contributed by atoms with van der Waals surface area (Å²) in [7, 11) is 0. The topological polar surface area (TPSA) is 81.7 Å². The van der Waals surface area contributed by atoms with Crippen LogP contribution in [-0.2, 0) is 21.0 Å². The third-order valence-electron chi connectivity index (χ3n) is 4.73. The molecule has 0 saturated carbocycles. The van der Waals surface area contributed by atoms with Gasteiger partial charge in [0.25, 0.3) is 5.91 Å². The van der Waals surface area contributed by atoms with Gasteiger partial charge in [-0.3, -0.25) is 14.4 Å². The first kappa shape index (κ1) is 23.1. The quantitative estimate of drug-likeness (QED) is 0.464. The Balaban J connectivity index is 1.25. The average molecular weight is 472 g/mol. The van der Waals surface area contributed by atoms with Crippen LogP contribution < -0.4 is 14.8 Å². The summed E-state index contributed by atoms with van der Waals surface area (Å²) in [5.74, 6) is -0.164. The Morgan fingerprint density at radius 3 is 2.03 bits per heavy atom. The molecule has 0 fully saturated rings. The molecule has 3 aromatic rings. The summed E-state index contributed by atoms with van der Waals surface area (Å²) in [5.41, 5.74) is 0.992. The first-order chi connectivity index (χ1) is 16.6. The average Bonchev–Trinajstić information content (AvgIpc) is 2.86. The Morgan fingerprint density at radius 1 is 0.735 bits per heavy atom. The number of nitrogens with one attached hydrogen (secondary N) is 1. The third-order valence-corrected chi connectivity index (χ3v) is 5.78. The number of ketones is 2. The molecule has 4 rings (SSSR count). The van der Waals surface area contributed by atoms with Crippen LogP contribution in [0.25, 0.3) is 0 Å². The Kier molecular flexibility index (Phi) is 7.57. The molecule has 6 nitrogen and oxygen atoms in total. The van der Waals surface area contributed by atoms with Crippen LogP contribution >= 0.6 is 11.8 Å². The fourth-order valence-corrected chi connectivity index (χ4v) is 3.92. The number of thioether (sulfide) groups is 1. The van der Waals surface area contributed by atoms with Crippen molar-refractivity contribution in [2.45, 2.75) is 11.5 Å². The highest BCUT2D eigenvalue weighted by molar-refractivity contribution is 8.04. The van der Waals surface area contributed by atoms with E-state index in [1.54, 1.807) is 24.3 Å². The van der Waals surface area contributed by atoms with Crippen molar-refractivity contribution in [1.29, 1.82) is 0 Å². The highest BCUT2D eigenvalue weighted by Gasteiger charge is 2.22. The SMILES string of the molecule is O=C(COc1ccc(OCc2ccccc2)cc1)NC1=CC(=O)C(Sc2ccccc2)=CC1=O. The van der Waals surface area contributed by atoms with Gasteiger partial charge in [-0.05, 0) is 42.0 Å². The van der Waals surface area contributed by atoms with Gasteiger partial charge in [-0.1, -0.05) is 60.3 Å². The standard InChI is InChI=1S/C27H21NO5S/c29-24-16-26(34-22-9-5-2-6-10-22)25(30)15-23(24)28-27(31)18-33-21-13-11-20(12-14-21)32-17-19-7-3-1-4-8-19/h1-16H,17-18H2,(H,28,31). The van der Waals surface area contributed by atoms with E-state index in [1.165, 1.54) is 17.8 Å². The lowest BCUT2D eigenvalue weighted by Crippen LogP contribution is -2.33. The molecular formula is C27H21NO5S. The number of carbonyl (C=O) groups excluding carboxylic acids is 3. The maximum Gasteiger partial charge on any atom is 0.262 e. The van der Waals surface area contributed by atoms with E-state index in [9.17, 15) is 14.4 Å². The van der Waals surface area contributed by atoms with Crippen LogP contribution in [0.4, 0.5) is 0 Å². The van der Waals surface area contributed by atoms with Crippen molar-refractivity contribution in [3.63, 3.8) is 0 Å². The van der Waals surface area contributed by atoms with E-state index in [0.29, 0.717) is 23.0 Å². The highest BCUT2D eigenvalue weighted by atomic mass is 32.2. The molecule has 34 heavy (non-hydrogen) atoms. The molecule has 0 aliphatic heterocycles. The molecule has 1 amide bonds. The first-order valence-electron chi connectivity index (χ1n) is 10.5. The fourth-order valence-electron chi connectivity index (χ4n) is 3.04. The summed E-state index contributed by atoms with van der Waals surface area (Å²) in [5, 5.41) is 2.45. The van der Waals surface area contributed by atoms with Gasteiger partial charge >= 0.3 is 0 Å². The minimum absolute atomic E-state index is 0.0688. The van der Waals surface area contributed by atoms with Crippen molar-refractivity contribution in [3.05, 3.63) is 113 Å². The number of allylic oxidation sites excluding steroid dienone is 3. The first-order valence-corrected chi connectivity index (χ1v) is 11.3. The number of hydrogen-bond acceptors (Lipinski definition) is 6. The van der Waals surface area contributed by atoms with Gasteiger partial charge in [0.05, 0.1) is 10.6 Å². The van der Waals surface area contributed by atoms with E-state index in [1.807, 2.05) is 60.7 Å². The molecule has 0 atom stereocenters. The Bertz CT molecular complexity index is 1240. The van der Waals surface area contributed by atoms with Crippen molar-refractivity contribution < 1.29 is 23.9 Å². The van der Waals surface area contributed by atoms with Crippen molar-refractivity contribution in [2.75, 3.05) is 6.61 Å². The second-order valence-corrected chi connectivity index (χ2v) is 8.41. The van der Waals surface area contributed by atoms with Crippen LogP contribution in [-0.4, -0.2) is 24.1 Å². The normalized spacial score (nSPS) is 13.1. The Morgan fingerprint density at radius 2 is 1.35 bits per heavy atom. The van der Waals surface area contributed by atoms with Gasteiger partial charge < -0.3 is 14.8 Å². The van der Waals surface area contributed by atoms with Gasteiger partial charge in [-0.2, -0.15) is 0 Å². The maximum atomic E-state index is 12.4. The minimum atomic E-state index is -0.538. The number of amides is 1. The van der Waals surface area contributed by atoms with Crippen LogP contribution in [0.15, 0.2) is 113 Å². The van der Waals surface area contributed by atoms with E-state index in [0.717, 1.165) is 16.5 Å². The lowest BCUT2D eigenvalue weighted by atomic mass is 10.1. The predicted molar refractivity (Wildman–Crippen MR) is 129 cm³/mol. The lowest BCUT2D eigenvalue weighted by molar-refractivity contribution is -0.124. The van der Waals surface area contributed by atoms with Gasteiger partial charge in [0.2, 0.25) is 5.78 Å². The van der Waals surface area contributed by atoms with Crippen molar-refractivity contribution >= 4 is 29.2 Å². The van der Waals surface area contributed by atoms with Crippen LogP contribution in [0.2, 0.25) is 0 Å². The summed E-state index contributed by atoms with van der Waals surface area (Å²) >= 11 is 1.21. The van der Waals surface area contributed by atoms with Crippen molar-refractivity contribution in [2.24, 2.45) is 0 Å². The van der Waals surface area contributed by atoms with E-state index < -0.39 is 11.7 Å². The molecule has 0 aromatic heterocycles. The van der Waals surface area contributed by atoms with Crippen molar-refractivity contribution in [1.82, 2.24) is 5.32 Å². The smallest absolute Gasteiger partial charge is 0.262 e. The van der Waals surface area contributed by atoms with E-state index in [4.69, 9.17) is 9.47 Å². The van der Waals surface area contributed by atoms with Crippen LogP contribution in [0.5, 0.6) is 11.5 Å². The number of benzene rings is 3. The molecule has 0 heterocycles. The summed E-state index contributed by atoms with van der Waals surface area (Å²) in [4.78, 5) is 38.1. The molecule has 0 bridgehead atoms. The third kappa shape index (κ3) is 6.46. The zero-order valence-corrected chi connectivity index (χ0v) is 18.9. The molecule has 0 radical (unpaired) electrons. The van der Waals surface area contributed by atoms with Gasteiger partial charge in [0.15, 0.2) is 12.4 Å². The number of rotatable bonds is 9. The Labute approximate surface area is 201 Å². The Hall–Kier alpha value is -4.10. The summed E-state index contributed by atoms with van der Waals surface area (Å²) < 4.78 is 11.2. The second kappa shape index (κ2) is 11.2. The summed E-state index contributed by atoms with van der Waals surface area (Å²) in [6, 6.07) is 26.0. The molecular weight excluding hydrogens is 450 g/mol. The maximum absolute atomic E-state index is 12.4. The predicted octanol–water partition coefficient (Wildman–Crippen LogP) is 4.47. The molecule has 0 unspecified atom stereocenters. The van der Waals surface area contributed by atoms with E-state index in [-0.39, 0.29) is 18.1 Å². The lowest BCUT2D eigenvalue weighted by Gasteiger charge is -2.13.